The van der Waals surface area contributed by atoms with E-state index in [2.05, 4.69) is 6.07 Å². The van der Waals surface area contributed by atoms with Crippen molar-refractivity contribution in [3.8, 4) is 6.07 Å². The molecule has 2 rings (SSSR count). The molecule has 0 radical (unpaired) electrons. The van der Waals surface area contributed by atoms with Gasteiger partial charge in [0, 0.05) is 16.7 Å². The number of nitriles is 1. The normalized spacial score (nSPS) is 12.9. The number of benzene rings is 2. The molecule has 24 heavy (non-hydrogen) atoms. The molecule has 2 aromatic rings. The maximum absolute atomic E-state index is 11.1. The molecular weight excluding hydrogens is 328 g/mol. The van der Waals surface area contributed by atoms with E-state index < -0.39 is 10.3 Å². The standard InChI is InChI=1S/C17H15ClN4O2/c1-2-17(10-19,11-6-8-12(18)9-7-11)16(21)13-4-3-5-14(15(13)20)22(23)24/h3-9,21H,2,20H2,1H3. The summed E-state index contributed by atoms with van der Waals surface area (Å²) >= 11 is 5.89. The van der Waals surface area contributed by atoms with Gasteiger partial charge in [0.2, 0.25) is 0 Å². The van der Waals surface area contributed by atoms with E-state index in [1.807, 2.05) is 0 Å². The van der Waals surface area contributed by atoms with Crippen molar-refractivity contribution in [3.63, 3.8) is 0 Å². The van der Waals surface area contributed by atoms with Crippen molar-refractivity contribution in [2.24, 2.45) is 0 Å². The number of nitrogens with two attached hydrogens (primary N) is 1. The Labute approximate surface area is 144 Å². The van der Waals surface area contributed by atoms with E-state index >= 15 is 0 Å². The van der Waals surface area contributed by atoms with Gasteiger partial charge in [-0.2, -0.15) is 5.26 Å². The fraction of sp³-hybridized carbons (Fsp3) is 0.176. The summed E-state index contributed by atoms with van der Waals surface area (Å²) in [5.41, 5.74) is 4.91. The van der Waals surface area contributed by atoms with Crippen LogP contribution >= 0.6 is 11.6 Å². The molecule has 0 aromatic heterocycles. The Hall–Kier alpha value is -2.91. The Morgan fingerprint density at radius 3 is 2.50 bits per heavy atom. The molecule has 0 aliphatic rings. The van der Waals surface area contributed by atoms with Crippen LogP contribution in [0.3, 0.4) is 0 Å². The van der Waals surface area contributed by atoms with Crippen LogP contribution in [0, 0.1) is 26.9 Å². The average Bonchev–Trinajstić information content (AvgIpc) is 2.57. The van der Waals surface area contributed by atoms with Gasteiger partial charge in [0.15, 0.2) is 0 Å². The Balaban J connectivity index is 2.64. The predicted octanol–water partition coefficient (Wildman–Crippen LogP) is 4.07. The monoisotopic (exact) mass is 342 g/mol. The number of hydrogen-bond donors (Lipinski definition) is 2. The van der Waals surface area contributed by atoms with E-state index in [-0.39, 0.29) is 22.6 Å². The quantitative estimate of drug-likeness (QED) is 0.368. The van der Waals surface area contributed by atoms with Crippen LogP contribution in [0.2, 0.25) is 5.02 Å². The number of nitro groups is 1. The predicted molar refractivity (Wildman–Crippen MR) is 93.4 cm³/mol. The van der Waals surface area contributed by atoms with Gasteiger partial charge in [-0.1, -0.05) is 42.8 Å². The van der Waals surface area contributed by atoms with Gasteiger partial charge in [-0.05, 0) is 24.1 Å². The fourth-order valence-electron chi connectivity index (χ4n) is 2.62. The number of halogens is 1. The van der Waals surface area contributed by atoms with Crippen LogP contribution < -0.4 is 5.73 Å². The summed E-state index contributed by atoms with van der Waals surface area (Å²) in [6.07, 6.45) is 0.312. The fourth-order valence-corrected chi connectivity index (χ4v) is 2.75. The zero-order chi connectivity index (χ0) is 17.9. The third kappa shape index (κ3) is 2.82. The highest BCUT2D eigenvalue weighted by Crippen LogP contribution is 2.36. The summed E-state index contributed by atoms with van der Waals surface area (Å²) in [5.74, 6) is 0. The molecule has 0 saturated heterocycles. The second kappa shape index (κ2) is 6.69. The first-order chi connectivity index (χ1) is 11.4. The first kappa shape index (κ1) is 17.4. The van der Waals surface area contributed by atoms with Crippen molar-refractivity contribution in [1.29, 1.82) is 10.7 Å². The number of nitrogen functional groups attached to an aromatic ring is 1. The van der Waals surface area contributed by atoms with Gasteiger partial charge in [0.05, 0.1) is 16.7 Å². The number of anilines is 1. The molecule has 122 valence electrons. The lowest BCUT2D eigenvalue weighted by Crippen LogP contribution is -2.34. The molecular formula is C17H15ClN4O2. The Morgan fingerprint density at radius 2 is 2.00 bits per heavy atom. The summed E-state index contributed by atoms with van der Waals surface area (Å²) in [7, 11) is 0. The van der Waals surface area contributed by atoms with Gasteiger partial charge in [0.1, 0.15) is 11.1 Å². The van der Waals surface area contributed by atoms with E-state index in [1.165, 1.54) is 18.2 Å². The van der Waals surface area contributed by atoms with Gasteiger partial charge in [-0.15, -0.1) is 0 Å². The van der Waals surface area contributed by atoms with Crippen molar-refractivity contribution < 1.29 is 4.92 Å². The van der Waals surface area contributed by atoms with Gasteiger partial charge < -0.3 is 11.1 Å². The van der Waals surface area contributed by atoms with E-state index in [9.17, 15) is 15.4 Å². The molecule has 0 saturated carbocycles. The van der Waals surface area contributed by atoms with Crippen LogP contribution in [-0.2, 0) is 5.41 Å². The van der Waals surface area contributed by atoms with Crippen molar-refractivity contribution in [3.05, 3.63) is 68.7 Å². The lowest BCUT2D eigenvalue weighted by molar-refractivity contribution is -0.383. The molecule has 0 heterocycles. The average molecular weight is 343 g/mol. The molecule has 0 bridgehead atoms. The minimum Gasteiger partial charge on any atom is -0.393 e. The summed E-state index contributed by atoms with van der Waals surface area (Å²) in [5, 5.41) is 29.9. The third-order valence-corrected chi connectivity index (χ3v) is 4.29. The zero-order valence-corrected chi connectivity index (χ0v) is 13.7. The molecule has 3 N–H and O–H groups in total. The maximum atomic E-state index is 11.1. The highest BCUT2D eigenvalue weighted by molar-refractivity contribution is 6.30. The Kier molecular flexibility index (Phi) is 4.86. The number of nitrogens with one attached hydrogen (secondary N) is 1. The molecule has 7 heteroatoms. The van der Waals surface area contributed by atoms with Crippen molar-refractivity contribution >= 4 is 28.7 Å². The summed E-state index contributed by atoms with van der Waals surface area (Å²) in [4.78, 5) is 10.5. The Morgan fingerprint density at radius 1 is 1.38 bits per heavy atom. The minimum atomic E-state index is -1.27. The number of nitrogens with zero attached hydrogens (tertiary/aromatic N) is 2. The molecule has 0 spiro atoms. The smallest absolute Gasteiger partial charge is 0.292 e. The van der Waals surface area contributed by atoms with Crippen LogP contribution in [-0.4, -0.2) is 10.6 Å². The summed E-state index contributed by atoms with van der Waals surface area (Å²) < 4.78 is 0. The Bertz CT molecular complexity index is 843. The number of nitro benzene ring substituents is 1. The molecule has 0 aliphatic carbocycles. The highest BCUT2D eigenvalue weighted by Gasteiger charge is 2.38. The van der Waals surface area contributed by atoms with E-state index in [0.717, 1.165) is 0 Å². The number of rotatable bonds is 5. The van der Waals surface area contributed by atoms with Crippen LogP contribution in [0.1, 0.15) is 24.5 Å². The van der Waals surface area contributed by atoms with Gasteiger partial charge >= 0.3 is 0 Å². The maximum Gasteiger partial charge on any atom is 0.292 e. The highest BCUT2D eigenvalue weighted by atomic mass is 35.5. The molecule has 0 fully saturated rings. The third-order valence-electron chi connectivity index (χ3n) is 4.03. The lowest BCUT2D eigenvalue weighted by atomic mass is 9.73. The second-order valence-corrected chi connectivity index (χ2v) is 5.68. The molecule has 0 amide bonds. The van der Waals surface area contributed by atoms with E-state index in [0.29, 0.717) is 17.0 Å². The zero-order valence-electron chi connectivity index (χ0n) is 12.9. The summed E-state index contributed by atoms with van der Waals surface area (Å²) in [6.45, 7) is 1.78. The molecule has 6 nitrogen and oxygen atoms in total. The van der Waals surface area contributed by atoms with Gasteiger partial charge in [-0.25, -0.2) is 0 Å². The van der Waals surface area contributed by atoms with Crippen LogP contribution in [0.15, 0.2) is 42.5 Å². The lowest BCUT2D eigenvalue weighted by Gasteiger charge is -2.27. The van der Waals surface area contributed by atoms with E-state index in [4.69, 9.17) is 22.7 Å². The van der Waals surface area contributed by atoms with Crippen LogP contribution in [0.5, 0.6) is 0 Å². The van der Waals surface area contributed by atoms with Crippen molar-refractivity contribution in [1.82, 2.24) is 0 Å². The van der Waals surface area contributed by atoms with Crippen molar-refractivity contribution in [2.75, 3.05) is 5.73 Å². The summed E-state index contributed by atoms with van der Waals surface area (Å²) in [6, 6.07) is 13.1. The molecule has 2 aromatic carbocycles. The van der Waals surface area contributed by atoms with Gasteiger partial charge in [0.25, 0.3) is 5.69 Å². The topological polar surface area (TPSA) is 117 Å². The largest absolute Gasteiger partial charge is 0.393 e. The number of para-hydroxylation sites is 1. The first-order valence-corrected chi connectivity index (χ1v) is 7.54. The molecule has 1 atom stereocenters. The molecule has 1 unspecified atom stereocenters. The second-order valence-electron chi connectivity index (χ2n) is 5.25. The minimum absolute atomic E-state index is 0.0731. The molecule has 0 aliphatic heterocycles. The van der Waals surface area contributed by atoms with E-state index in [1.54, 1.807) is 31.2 Å². The SMILES string of the molecule is CCC(C#N)(C(=N)c1cccc([N+](=O)[O-])c1N)c1ccc(Cl)cc1. The van der Waals surface area contributed by atoms with Gasteiger partial charge in [-0.3, -0.25) is 10.1 Å². The first-order valence-electron chi connectivity index (χ1n) is 7.17. The van der Waals surface area contributed by atoms with Crippen molar-refractivity contribution in [2.45, 2.75) is 18.8 Å². The van der Waals surface area contributed by atoms with Crippen LogP contribution in [0.4, 0.5) is 11.4 Å². The number of hydrogen-bond acceptors (Lipinski definition) is 5. The van der Waals surface area contributed by atoms with Crippen LogP contribution in [0.25, 0.3) is 0 Å².